The summed E-state index contributed by atoms with van der Waals surface area (Å²) in [4.78, 5) is 3.65. The molecule has 1 heterocycles. The van der Waals surface area contributed by atoms with Crippen molar-refractivity contribution >= 4 is 9.84 Å². The van der Waals surface area contributed by atoms with E-state index in [1.54, 1.807) is 0 Å². The first-order chi connectivity index (χ1) is 7.16. The van der Waals surface area contributed by atoms with E-state index < -0.39 is 26.4 Å². The number of nitrogens with two attached hydrogens (primary N) is 1. The van der Waals surface area contributed by atoms with Gasteiger partial charge in [0.2, 0.25) is 0 Å². The molecular weight excluding hydrogens is 231 g/mol. The molecule has 1 aromatic rings. The van der Waals surface area contributed by atoms with E-state index in [9.17, 15) is 12.8 Å². The Morgan fingerprint density at radius 1 is 1.44 bits per heavy atom. The number of rotatable bonds is 3. The van der Waals surface area contributed by atoms with E-state index in [-0.39, 0.29) is 0 Å². The van der Waals surface area contributed by atoms with E-state index in [1.807, 2.05) is 0 Å². The van der Waals surface area contributed by atoms with Crippen LogP contribution in [-0.4, -0.2) is 24.4 Å². The molecule has 2 N–H and O–H groups in total. The first-order valence-electron chi connectivity index (χ1n) is 4.72. The predicted octanol–water partition coefficient (Wildman–Crippen LogP) is 1.04. The van der Waals surface area contributed by atoms with Crippen molar-refractivity contribution in [2.24, 2.45) is 5.73 Å². The molecule has 0 aliphatic rings. The minimum atomic E-state index is -3.34. The summed E-state index contributed by atoms with van der Waals surface area (Å²) in [5, 5.41) is 0. The van der Waals surface area contributed by atoms with E-state index in [4.69, 9.17) is 5.73 Å². The summed E-state index contributed by atoms with van der Waals surface area (Å²) in [5.74, 6) is -0.530. The Hall–Kier alpha value is -1.01. The van der Waals surface area contributed by atoms with Crippen LogP contribution in [-0.2, 0) is 9.84 Å². The summed E-state index contributed by atoms with van der Waals surface area (Å²) in [6.07, 6.45) is 3.53. The van der Waals surface area contributed by atoms with E-state index in [0.717, 1.165) is 12.5 Å². The maximum absolute atomic E-state index is 12.9. The Morgan fingerprint density at radius 3 is 2.44 bits per heavy atom. The predicted molar refractivity (Wildman–Crippen MR) is 60.0 cm³/mol. The highest BCUT2D eigenvalue weighted by atomic mass is 32.2. The van der Waals surface area contributed by atoms with Gasteiger partial charge in [0.1, 0.15) is 5.82 Å². The van der Waals surface area contributed by atoms with Gasteiger partial charge in [-0.15, -0.1) is 0 Å². The molecule has 0 radical (unpaired) electrons. The van der Waals surface area contributed by atoms with E-state index in [0.29, 0.717) is 5.56 Å². The van der Waals surface area contributed by atoms with E-state index in [1.165, 1.54) is 26.1 Å². The Labute approximate surface area is 94.6 Å². The van der Waals surface area contributed by atoms with Gasteiger partial charge in [0, 0.05) is 12.5 Å². The van der Waals surface area contributed by atoms with Crippen LogP contribution in [0.3, 0.4) is 0 Å². The maximum Gasteiger partial charge on any atom is 0.154 e. The van der Waals surface area contributed by atoms with Crippen molar-refractivity contribution in [2.75, 3.05) is 6.26 Å². The number of hydrogen-bond donors (Lipinski definition) is 1. The third-order valence-corrected chi connectivity index (χ3v) is 4.96. The van der Waals surface area contributed by atoms with Crippen LogP contribution in [0.25, 0.3) is 0 Å². The topological polar surface area (TPSA) is 73.0 Å². The highest BCUT2D eigenvalue weighted by molar-refractivity contribution is 7.92. The first-order valence-corrected chi connectivity index (χ1v) is 6.61. The number of aromatic nitrogens is 1. The lowest BCUT2D eigenvalue weighted by atomic mass is 9.97. The van der Waals surface area contributed by atoms with Crippen molar-refractivity contribution in [2.45, 2.75) is 24.6 Å². The second-order valence-electron chi connectivity index (χ2n) is 4.29. The summed E-state index contributed by atoms with van der Waals surface area (Å²) in [6, 6.07) is 0.385. The van der Waals surface area contributed by atoms with Crippen LogP contribution in [0.4, 0.5) is 4.39 Å². The Kier molecular flexibility index (Phi) is 3.35. The van der Waals surface area contributed by atoms with E-state index in [2.05, 4.69) is 4.98 Å². The summed E-state index contributed by atoms with van der Waals surface area (Å²) in [7, 11) is -3.34. The smallest absolute Gasteiger partial charge is 0.154 e. The molecule has 0 aromatic carbocycles. The standard InChI is InChI=1S/C10H15FN2O2S/c1-10(2,16(3,14)15)9(12)7-4-8(11)6-13-5-7/h4-6,9H,12H2,1-3H3. The third-order valence-electron chi connectivity index (χ3n) is 2.79. The Bertz CT molecular complexity index is 485. The molecular formula is C10H15FN2O2S. The van der Waals surface area contributed by atoms with Crippen LogP contribution in [0.2, 0.25) is 0 Å². The molecule has 16 heavy (non-hydrogen) atoms. The van der Waals surface area contributed by atoms with Crippen LogP contribution >= 0.6 is 0 Å². The van der Waals surface area contributed by atoms with Crippen molar-refractivity contribution in [1.82, 2.24) is 4.98 Å². The van der Waals surface area contributed by atoms with Crippen LogP contribution in [0.5, 0.6) is 0 Å². The molecule has 0 spiro atoms. The normalized spacial score (nSPS) is 14.8. The Morgan fingerprint density at radius 2 is 2.00 bits per heavy atom. The first kappa shape index (κ1) is 13.1. The number of halogens is 1. The van der Waals surface area contributed by atoms with E-state index >= 15 is 0 Å². The molecule has 0 aliphatic carbocycles. The van der Waals surface area contributed by atoms with Crippen molar-refractivity contribution < 1.29 is 12.8 Å². The molecule has 1 rings (SSSR count). The SMILES string of the molecule is CC(C)(C(N)c1cncc(F)c1)S(C)(=O)=O. The lowest BCUT2D eigenvalue weighted by Gasteiger charge is -2.29. The fraction of sp³-hybridized carbons (Fsp3) is 0.500. The summed E-state index contributed by atoms with van der Waals surface area (Å²) < 4.78 is 34.9. The molecule has 0 aliphatic heterocycles. The van der Waals surface area contributed by atoms with Crippen LogP contribution in [0.15, 0.2) is 18.5 Å². The second-order valence-corrected chi connectivity index (χ2v) is 6.89. The van der Waals surface area contributed by atoms with Gasteiger partial charge in [0.05, 0.1) is 17.0 Å². The second kappa shape index (κ2) is 4.10. The van der Waals surface area contributed by atoms with Gasteiger partial charge in [-0.25, -0.2) is 12.8 Å². The van der Waals surface area contributed by atoms with Gasteiger partial charge in [-0.3, -0.25) is 4.98 Å². The highest BCUT2D eigenvalue weighted by Gasteiger charge is 2.37. The van der Waals surface area contributed by atoms with Gasteiger partial charge in [0.25, 0.3) is 0 Å². The molecule has 4 nitrogen and oxygen atoms in total. The molecule has 0 bridgehead atoms. The molecule has 6 heteroatoms. The average molecular weight is 246 g/mol. The molecule has 0 saturated heterocycles. The van der Waals surface area contributed by atoms with Crippen LogP contribution in [0.1, 0.15) is 25.5 Å². The summed E-state index contributed by atoms with van der Waals surface area (Å²) in [6.45, 7) is 3.02. The number of hydrogen-bond acceptors (Lipinski definition) is 4. The fourth-order valence-electron chi connectivity index (χ4n) is 1.23. The van der Waals surface area contributed by atoms with Crippen molar-refractivity contribution in [3.05, 3.63) is 29.8 Å². The van der Waals surface area contributed by atoms with Gasteiger partial charge in [-0.2, -0.15) is 0 Å². The zero-order valence-electron chi connectivity index (χ0n) is 9.44. The van der Waals surface area contributed by atoms with Gasteiger partial charge in [-0.1, -0.05) is 0 Å². The van der Waals surface area contributed by atoms with Gasteiger partial charge in [-0.05, 0) is 25.5 Å². The van der Waals surface area contributed by atoms with Gasteiger partial charge < -0.3 is 5.73 Å². The van der Waals surface area contributed by atoms with Crippen molar-refractivity contribution in [3.63, 3.8) is 0 Å². The van der Waals surface area contributed by atoms with Crippen LogP contribution < -0.4 is 5.73 Å². The molecule has 1 atom stereocenters. The fourth-order valence-corrected chi connectivity index (χ4v) is 1.83. The molecule has 90 valence electrons. The van der Waals surface area contributed by atoms with Crippen molar-refractivity contribution in [1.29, 1.82) is 0 Å². The van der Waals surface area contributed by atoms with Crippen LogP contribution in [0, 0.1) is 5.82 Å². The largest absolute Gasteiger partial charge is 0.323 e. The lowest BCUT2D eigenvalue weighted by molar-refractivity contribution is 0.493. The number of sulfone groups is 1. The van der Waals surface area contributed by atoms with Gasteiger partial charge in [0.15, 0.2) is 9.84 Å². The number of nitrogens with zero attached hydrogens (tertiary/aromatic N) is 1. The minimum Gasteiger partial charge on any atom is -0.323 e. The molecule has 0 saturated carbocycles. The molecule has 1 unspecified atom stereocenters. The quantitative estimate of drug-likeness (QED) is 0.865. The molecule has 0 amide bonds. The third kappa shape index (κ3) is 2.38. The molecule has 0 fully saturated rings. The summed E-state index contributed by atoms with van der Waals surface area (Å²) >= 11 is 0. The highest BCUT2D eigenvalue weighted by Crippen LogP contribution is 2.29. The monoisotopic (exact) mass is 246 g/mol. The minimum absolute atomic E-state index is 0.371. The number of pyridine rings is 1. The average Bonchev–Trinajstić information content (AvgIpc) is 2.14. The van der Waals surface area contributed by atoms with Gasteiger partial charge >= 0.3 is 0 Å². The Balaban J connectivity index is 3.17. The molecule has 1 aromatic heterocycles. The lowest BCUT2D eigenvalue weighted by Crippen LogP contribution is -2.42. The maximum atomic E-state index is 12.9. The summed E-state index contributed by atoms with van der Waals surface area (Å²) in [5.41, 5.74) is 6.21. The zero-order valence-corrected chi connectivity index (χ0v) is 10.3. The van der Waals surface area contributed by atoms with Crippen molar-refractivity contribution in [3.8, 4) is 0 Å². The zero-order chi connectivity index (χ0) is 12.6.